The maximum atomic E-state index is 13.2. The number of esters is 1. The number of piperidine rings is 2. The summed E-state index contributed by atoms with van der Waals surface area (Å²) < 4.78 is 34.2. The number of methoxy groups -OCH3 is 1. The number of carbonyl (C=O) groups is 2. The van der Waals surface area contributed by atoms with Crippen molar-refractivity contribution in [3.05, 3.63) is 54.4 Å². The smallest absolute Gasteiger partial charge is 0.354 e. The van der Waals surface area contributed by atoms with E-state index in [1.54, 1.807) is 36.4 Å². The van der Waals surface area contributed by atoms with Crippen LogP contribution in [0.2, 0.25) is 0 Å². The quantitative estimate of drug-likeness (QED) is 0.641. The molecule has 0 spiro atoms. The SMILES string of the molecule is COC(=O)c1cccn1C1CCN(C(=O)C2CCCN(S(=O)(=O)c3ccccc3)C2)CC1. The fourth-order valence-electron chi connectivity index (χ4n) is 4.72. The molecule has 2 aliphatic heterocycles. The predicted molar refractivity (Wildman–Crippen MR) is 119 cm³/mol. The predicted octanol–water partition coefficient (Wildman–Crippen LogP) is 2.54. The minimum Gasteiger partial charge on any atom is -0.464 e. The van der Waals surface area contributed by atoms with E-state index in [1.165, 1.54) is 11.4 Å². The van der Waals surface area contributed by atoms with E-state index in [4.69, 9.17) is 4.74 Å². The number of ether oxygens (including phenoxy) is 1. The molecule has 1 atom stereocenters. The lowest BCUT2D eigenvalue weighted by Crippen LogP contribution is -2.48. The first kappa shape index (κ1) is 22.5. The van der Waals surface area contributed by atoms with Crippen LogP contribution in [0.4, 0.5) is 0 Å². The Labute approximate surface area is 188 Å². The molecule has 0 radical (unpaired) electrons. The highest BCUT2D eigenvalue weighted by Gasteiger charge is 2.36. The van der Waals surface area contributed by atoms with Crippen LogP contribution in [0.1, 0.15) is 42.2 Å². The van der Waals surface area contributed by atoms with Gasteiger partial charge in [0.2, 0.25) is 15.9 Å². The number of hydrogen-bond donors (Lipinski definition) is 0. The summed E-state index contributed by atoms with van der Waals surface area (Å²) in [6.07, 6.45) is 4.72. The summed E-state index contributed by atoms with van der Waals surface area (Å²) >= 11 is 0. The van der Waals surface area contributed by atoms with E-state index < -0.39 is 10.0 Å². The number of benzene rings is 1. The Hall–Kier alpha value is -2.65. The summed E-state index contributed by atoms with van der Waals surface area (Å²) in [4.78, 5) is 27.3. The van der Waals surface area contributed by atoms with E-state index in [9.17, 15) is 18.0 Å². The van der Waals surface area contributed by atoms with Crippen molar-refractivity contribution in [3.63, 3.8) is 0 Å². The topological polar surface area (TPSA) is 88.9 Å². The summed E-state index contributed by atoms with van der Waals surface area (Å²) in [5, 5.41) is 0. The van der Waals surface area contributed by atoms with Crippen LogP contribution in [0, 0.1) is 5.92 Å². The molecule has 0 N–H and O–H groups in total. The molecule has 0 aliphatic carbocycles. The highest BCUT2D eigenvalue weighted by Crippen LogP contribution is 2.29. The van der Waals surface area contributed by atoms with Crippen molar-refractivity contribution in [3.8, 4) is 0 Å². The maximum absolute atomic E-state index is 13.2. The van der Waals surface area contributed by atoms with E-state index >= 15 is 0 Å². The molecule has 0 bridgehead atoms. The monoisotopic (exact) mass is 459 g/mol. The Bertz CT molecular complexity index is 1060. The first-order valence-corrected chi connectivity index (χ1v) is 12.4. The van der Waals surface area contributed by atoms with E-state index in [1.807, 2.05) is 21.7 Å². The number of sulfonamides is 1. The highest BCUT2D eigenvalue weighted by molar-refractivity contribution is 7.89. The van der Waals surface area contributed by atoms with Gasteiger partial charge < -0.3 is 14.2 Å². The number of nitrogens with zero attached hydrogens (tertiary/aromatic N) is 3. The molecule has 2 fully saturated rings. The maximum Gasteiger partial charge on any atom is 0.354 e. The first-order chi connectivity index (χ1) is 15.4. The molecule has 1 aromatic heterocycles. The molecule has 2 saturated heterocycles. The van der Waals surface area contributed by atoms with Gasteiger partial charge in [0.25, 0.3) is 0 Å². The number of carbonyl (C=O) groups excluding carboxylic acids is 2. The Balaban J connectivity index is 1.38. The van der Waals surface area contributed by atoms with Gasteiger partial charge in [-0.25, -0.2) is 13.2 Å². The lowest BCUT2D eigenvalue weighted by atomic mass is 9.96. The van der Waals surface area contributed by atoms with Crippen molar-refractivity contribution in [2.75, 3.05) is 33.3 Å². The van der Waals surface area contributed by atoms with Gasteiger partial charge in [0.15, 0.2) is 0 Å². The Kier molecular flexibility index (Phi) is 6.66. The Morgan fingerprint density at radius 2 is 1.69 bits per heavy atom. The Morgan fingerprint density at radius 1 is 0.969 bits per heavy atom. The second-order valence-corrected chi connectivity index (χ2v) is 10.3. The number of hydrogen-bond acceptors (Lipinski definition) is 5. The molecule has 172 valence electrons. The number of rotatable bonds is 5. The van der Waals surface area contributed by atoms with Gasteiger partial charge in [-0.1, -0.05) is 18.2 Å². The van der Waals surface area contributed by atoms with Crippen LogP contribution in [-0.4, -0.2) is 67.4 Å². The summed E-state index contributed by atoms with van der Waals surface area (Å²) in [6.45, 7) is 1.83. The molecular weight excluding hydrogens is 430 g/mol. The van der Waals surface area contributed by atoms with Crippen LogP contribution in [0.5, 0.6) is 0 Å². The van der Waals surface area contributed by atoms with Crippen LogP contribution in [0.15, 0.2) is 53.6 Å². The van der Waals surface area contributed by atoms with Gasteiger partial charge in [-0.3, -0.25) is 4.79 Å². The van der Waals surface area contributed by atoms with Crippen LogP contribution >= 0.6 is 0 Å². The minimum atomic E-state index is -3.60. The van der Waals surface area contributed by atoms with Crippen molar-refractivity contribution in [2.45, 2.75) is 36.6 Å². The molecule has 8 nitrogen and oxygen atoms in total. The zero-order chi connectivity index (χ0) is 22.7. The lowest BCUT2D eigenvalue weighted by Gasteiger charge is -2.38. The minimum absolute atomic E-state index is 0.0251. The number of aromatic nitrogens is 1. The fourth-order valence-corrected chi connectivity index (χ4v) is 6.26. The average Bonchev–Trinajstić information content (AvgIpc) is 3.34. The van der Waals surface area contributed by atoms with Crippen LogP contribution in [0.25, 0.3) is 0 Å². The van der Waals surface area contributed by atoms with Gasteiger partial charge in [0, 0.05) is 38.4 Å². The molecular formula is C23H29N3O5S. The van der Waals surface area contributed by atoms with Crippen molar-refractivity contribution in [2.24, 2.45) is 5.92 Å². The van der Waals surface area contributed by atoms with E-state index in [0.717, 1.165) is 12.8 Å². The molecule has 1 aromatic carbocycles. The first-order valence-electron chi connectivity index (χ1n) is 11.0. The third-order valence-electron chi connectivity index (χ3n) is 6.46. The molecule has 1 amide bonds. The summed E-state index contributed by atoms with van der Waals surface area (Å²) in [6, 6.07) is 12.1. The molecule has 3 heterocycles. The zero-order valence-electron chi connectivity index (χ0n) is 18.2. The molecule has 9 heteroatoms. The van der Waals surface area contributed by atoms with Gasteiger partial charge in [0.1, 0.15) is 5.69 Å². The second kappa shape index (κ2) is 9.46. The molecule has 1 unspecified atom stereocenters. The third-order valence-corrected chi connectivity index (χ3v) is 8.34. The van der Waals surface area contributed by atoms with Crippen LogP contribution in [0.3, 0.4) is 0 Å². The van der Waals surface area contributed by atoms with E-state index in [2.05, 4.69) is 0 Å². The standard InChI is InChI=1S/C23H29N3O5S/c1-31-23(28)21-10-6-14-26(21)19-11-15-24(16-12-19)22(27)18-7-5-13-25(17-18)32(29,30)20-8-3-2-4-9-20/h2-4,6,8-10,14,18-19H,5,7,11-13,15-17H2,1H3. The van der Waals surface area contributed by atoms with Gasteiger partial charge in [-0.2, -0.15) is 4.31 Å². The van der Waals surface area contributed by atoms with Crippen molar-refractivity contribution >= 4 is 21.9 Å². The van der Waals surface area contributed by atoms with Crippen LogP contribution < -0.4 is 0 Å². The van der Waals surface area contributed by atoms with Crippen molar-refractivity contribution in [1.82, 2.24) is 13.8 Å². The van der Waals surface area contributed by atoms with E-state index in [-0.39, 0.29) is 35.3 Å². The Morgan fingerprint density at radius 3 is 2.38 bits per heavy atom. The lowest BCUT2D eigenvalue weighted by molar-refractivity contribution is -0.138. The average molecular weight is 460 g/mol. The van der Waals surface area contributed by atoms with Crippen molar-refractivity contribution < 1.29 is 22.7 Å². The summed E-state index contributed by atoms with van der Waals surface area (Å²) in [5.74, 6) is -0.663. The number of likely N-dealkylation sites (tertiary alicyclic amines) is 1. The molecule has 0 saturated carbocycles. The normalized spacial score (nSPS) is 20.8. The molecule has 2 aromatic rings. The van der Waals surface area contributed by atoms with Gasteiger partial charge >= 0.3 is 5.97 Å². The highest BCUT2D eigenvalue weighted by atomic mass is 32.2. The zero-order valence-corrected chi connectivity index (χ0v) is 19.0. The van der Waals surface area contributed by atoms with Gasteiger partial charge in [0.05, 0.1) is 17.9 Å². The summed E-state index contributed by atoms with van der Waals surface area (Å²) in [5.41, 5.74) is 0.520. The largest absolute Gasteiger partial charge is 0.464 e. The van der Waals surface area contributed by atoms with Crippen molar-refractivity contribution in [1.29, 1.82) is 0 Å². The van der Waals surface area contributed by atoms with Crippen LogP contribution in [-0.2, 0) is 19.6 Å². The van der Waals surface area contributed by atoms with Gasteiger partial charge in [-0.05, 0) is 49.9 Å². The molecule has 4 rings (SSSR count). The molecule has 32 heavy (non-hydrogen) atoms. The number of amides is 1. The summed E-state index contributed by atoms with van der Waals surface area (Å²) in [7, 11) is -2.23. The van der Waals surface area contributed by atoms with E-state index in [0.29, 0.717) is 38.2 Å². The fraction of sp³-hybridized carbons (Fsp3) is 0.478. The van der Waals surface area contributed by atoms with Gasteiger partial charge in [-0.15, -0.1) is 0 Å². The second-order valence-electron chi connectivity index (χ2n) is 8.36. The third kappa shape index (κ3) is 4.45. The molecule has 2 aliphatic rings.